The fourth-order valence-electron chi connectivity index (χ4n) is 2.49. The van der Waals surface area contributed by atoms with Gasteiger partial charge in [0.05, 0.1) is 24.1 Å². The van der Waals surface area contributed by atoms with Gasteiger partial charge >= 0.3 is 0 Å². The van der Waals surface area contributed by atoms with E-state index < -0.39 is 0 Å². The van der Waals surface area contributed by atoms with Gasteiger partial charge in [0.15, 0.2) is 5.78 Å². The average molecular weight is 369 g/mol. The van der Waals surface area contributed by atoms with E-state index >= 15 is 0 Å². The minimum atomic E-state index is -0.367. The molecule has 0 saturated carbocycles. The van der Waals surface area contributed by atoms with Gasteiger partial charge in [0, 0.05) is 18.1 Å². The summed E-state index contributed by atoms with van der Waals surface area (Å²) in [6.07, 6.45) is 1.39. The number of anilines is 1. The Labute approximate surface area is 156 Å². The maximum Gasteiger partial charge on any atom is 0.198 e. The Kier molecular flexibility index (Phi) is 5.52. The highest BCUT2D eigenvalue weighted by atomic mass is 19.1. The monoisotopic (exact) mass is 369 g/mol. The van der Waals surface area contributed by atoms with Crippen LogP contribution in [0.4, 0.5) is 10.2 Å². The summed E-state index contributed by atoms with van der Waals surface area (Å²) in [4.78, 5) is 12.8. The SMILES string of the molecule is C[C@@H](CO)COc1cccc(C(=O)c2cnn(-c3ccc(F)cc3)c2N)c1. The number of hydrogen-bond donors (Lipinski definition) is 2. The molecule has 27 heavy (non-hydrogen) atoms. The smallest absolute Gasteiger partial charge is 0.198 e. The molecular weight excluding hydrogens is 349 g/mol. The number of hydrogen-bond acceptors (Lipinski definition) is 5. The Balaban J connectivity index is 1.83. The second-order valence-corrected chi connectivity index (χ2v) is 6.29. The lowest BCUT2D eigenvalue weighted by atomic mass is 10.1. The minimum Gasteiger partial charge on any atom is -0.493 e. The first-order valence-electron chi connectivity index (χ1n) is 8.47. The van der Waals surface area contributed by atoms with Crippen LogP contribution in [0.2, 0.25) is 0 Å². The molecule has 1 aromatic heterocycles. The van der Waals surface area contributed by atoms with Crippen LogP contribution in [0.5, 0.6) is 5.75 Å². The van der Waals surface area contributed by atoms with Gasteiger partial charge in [-0.05, 0) is 36.4 Å². The van der Waals surface area contributed by atoms with E-state index in [0.29, 0.717) is 23.6 Å². The zero-order valence-corrected chi connectivity index (χ0v) is 14.8. The number of carbonyl (C=O) groups is 1. The maximum atomic E-state index is 13.1. The number of carbonyl (C=O) groups excluding carboxylic acids is 1. The lowest BCUT2D eigenvalue weighted by molar-refractivity contribution is 0.103. The number of nitrogens with zero attached hydrogens (tertiary/aromatic N) is 2. The molecule has 140 valence electrons. The zero-order valence-electron chi connectivity index (χ0n) is 14.8. The van der Waals surface area contributed by atoms with E-state index in [4.69, 9.17) is 15.6 Å². The largest absolute Gasteiger partial charge is 0.493 e. The molecule has 7 heteroatoms. The number of rotatable bonds is 7. The van der Waals surface area contributed by atoms with Crippen LogP contribution in [-0.2, 0) is 0 Å². The predicted octanol–water partition coefficient (Wildman–Crippen LogP) is 2.83. The summed E-state index contributed by atoms with van der Waals surface area (Å²) in [5.41, 5.74) is 7.31. The van der Waals surface area contributed by atoms with E-state index in [1.165, 1.54) is 35.1 Å². The molecule has 3 rings (SSSR count). The molecule has 0 amide bonds. The van der Waals surface area contributed by atoms with Gasteiger partial charge in [-0.15, -0.1) is 0 Å². The van der Waals surface area contributed by atoms with Gasteiger partial charge in [-0.25, -0.2) is 9.07 Å². The molecular formula is C20H20FN3O3. The van der Waals surface area contributed by atoms with E-state index in [9.17, 15) is 9.18 Å². The van der Waals surface area contributed by atoms with Crippen LogP contribution in [0.25, 0.3) is 5.69 Å². The summed E-state index contributed by atoms with van der Waals surface area (Å²) in [5.74, 6) is 0.0426. The summed E-state index contributed by atoms with van der Waals surface area (Å²) in [5, 5.41) is 13.2. The fourth-order valence-corrected chi connectivity index (χ4v) is 2.49. The summed E-state index contributed by atoms with van der Waals surface area (Å²) >= 11 is 0. The maximum absolute atomic E-state index is 13.1. The van der Waals surface area contributed by atoms with Crippen molar-refractivity contribution in [2.24, 2.45) is 5.92 Å². The molecule has 0 aliphatic heterocycles. The second kappa shape index (κ2) is 8.01. The molecule has 0 aliphatic rings. The summed E-state index contributed by atoms with van der Waals surface area (Å²) in [6.45, 7) is 2.23. The van der Waals surface area contributed by atoms with E-state index in [1.54, 1.807) is 24.3 Å². The first-order chi connectivity index (χ1) is 13.0. The second-order valence-electron chi connectivity index (χ2n) is 6.29. The summed E-state index contributed by atoms with van der Waals surface area (Å²) in [7, 11) is 0. The van der Waals surface area contributed by atoms with Crippen molar-refractivity contribution in [3.05, 3.63) is 71.7 Å². The summed E-state index contributed by atoms with van der Waals surface area (Å²) < 4.78 is 20.1. The van der Waals surface area contributed by atoms with Gasteiger partial charge in [0.25, 0.3) is 0 Å². The van der Waals surface area contributed by atoms with Crippen molar-refractivity contribution in [2.75, 3.05) is 18.9 Å². The number of ether oxygens (including phenoxy) is 1. The fraction of sp³-hybridized carbons (Fsp3) is 0.200. The van der Waals surface area contributed by atoms with Crippen LogP contribution >= 0.6 is 0 Å². The number of ketones is 1. The molecule has 1 heterocycles. The normalized spacial score (nSPS) is 12.0. The van der Waals surface area contributed by atoms with Gasteiger partial charge in [0.1, 0.15) is 17.4 Å². The quantitative estimate of drug-likeness (QED) is 0.625. The molecule has 0 bridgehead atoms. The molecule has 0 saturated heterocycles. The predicted molar refractivity (Wildman–Crippen MR) is 99.6 cm³/mol. The van der Waals surface area contributed by atoms with Gasteiger partial charge in [0.2, 0.25) is 0 Å². The van der Waals surface area contributed by atoms with Crippen molar-refractivity contribution in [1.29, 1.82) is 0 Å². The number of aliphatic hydroxyl groups is 1. The van der Waals surface area contributed by atoms with Crippen molar-refractivity contribution < 1.29 is 19.0 Å². The highest BCUT2D eigenvalue weighted by molar-refractivity contribution is 6.11. The molecule has 0 fully saturated rings. The molecule has 0 spiro atoms. The van der Waals surface area contributed by atoms with Gasteiger partial charge in [-0.2, -0.15) is 5.10 Å². The van der Waals surface area contributed by atoms with Crippen molar-refractivity contribution >= 4 is 11.6 Å². The van der Waals surface area contributed by atoms with Crippen molar-refractivity contribution in [2.45, 2.75) is 6.92 Å². The lowest BCUT2D eigenvalue weighted by Gasteiger charge is -2.11. The van der Waals surface area contributed by atoms with Gasteiger partial charge in [-0.3, -0.25) is 4.79 Å². The molecule has 0 radical (unpaired) electrons. The van der Waals surface area contributed by atoms with E-state index in [0.717, 1.165) is 0 Å². The number of aromatic nitrogens is 2. The van der Waals surface area contributed by atoms with Crippen LogP contribution in [-0.4, -0.2) is 33.9 Å². The highest BCUT2D eigenvalue weighted by Crippen LogP contribution is 2.22. The average Bonchev–Trinajstić information content (AvgIpc) is 3.07. The molecule has 3 N–H and O–H groups in total. The topological polar surface area (TPSA) is 90.4 Å². The molecule has 0 unspecified atom stereocenters. The van der Waals surface area contributed by atoms with Crippen LogP contribution in [0.3, 0.4) is 0 Å². The van der Waals surface area contributed by atoms with Crippen LogP contribution in [0.1, 0.15) is 22.8 Å². The molecule has 3 aromatic rings. The van der Waals surface area contributed by atoms with E-state index in [-0.39, 0.29) is 35.5 Å². The van der Waals surface area contributed by atoms with Crippen molar-refractivity contribution in [1.82, 2.24) is 9.78 Å². The third-order valence-electron chi connectivity index (χ3n) is 4.06. The third-order valence-corrected chi connectivity index (χ3v) is 4.06. The Bertz CT molecular complexity index is 938. The number of halogens is 1. The molecule has 6 nitrogen and oxygen atoms in total. The zero-order chi connectivity index (χ0) is 19.4. The molecule has 1 atom stereocenters. The first kappa shape index (κ1) is 18.6. The molecule has 0 aliphatic carbocycles. The Morgan fingerprint density at radius 2 is 2.04 bits per heavy atom. The number of nitrogens with two attached hydrogens (primary N) is 1. The van der Waals surface area contributed by atoms with Crippen LogP contribution in [0.15, 0.2) is 54.7 Å². The number of aliphatic hydroxyl groups excluding tert-OH is 1. The van der Waals surface area contributed by atoms with Crippen molar-refractivity contribution in [3.8, 4) is 11.4 Å². The Morgan fingerprint density at radius 3 is 2.74 bits per heavy atom. The number of nitrogen functional groups attached to an aromatic ring is 1. The minimum absolute atomic E-state index is 0.00561. The van der Waals surface area contributed by atoms with Gasteiger partial charge in [-0.1, -0.05) is 19.1 Å². The Hall–Kier alpha value is -3.19. The van der Waals surface area contributed by atoms with Crippen LogP contribution in [0, 0.1) is 11.7 Å². The Morgan fingerprint density at radius 1 is 1.30 bits per heavy atom. The summed E-state index contributed by atoms with van der Waals surface area (Å²) in [6, 6.07) is 12.4. The van der Waals surface area contributed by atoms with E-state index in [2.05, 4.69) is 5.10 Å². The standard InChI is InChI=1S/C20H20FN3O3/c1-13(11-25)12-27-17-4-2-3-14(9-17)19(26)18-10-23-24(20(18)22)16-7-5-15(21)6-8-16/h2-10,13,25H,11-12,22H2,1H3/t13-/m0/s1. The first-order valence-corrected chi connectivity index (χ1v) is 8.47. The number of benzene rings is 2. The van der Waals surface area contributed by atoms with Gasteiger partial charge < -0.3 is 15.6 Å². The highest BCUT2D eigenvalue weighted by Gasteiger charge is 2.18. The van der Waals surface area contributed by atoms with Crippen LogP contribution < -0.4 is 10.5 Å². The van der Waals surface area contributed by atoms with E-state index in [1.807, 2.05) is 6.92 Å². The van der Waals surface area contributed by atoms with Crippen molar-refractivity contribution in [3.63, 3.8) is 0 Å². The molecule has 2 aromatic carbocycles. The lowest BCUT2D eigenvalue weighted by Crippen LogP contribution is -2.12. The third kappa shape index (κ3) is 4.15.